The Morgan fingerprint density at radius 2 is 1.65 bits per heavy atom. The van der Waals surface area contributed by atoms with Crippen molar-refractivity contribution in [3.05, 3.63) is 0 Å². The first-order chi connectivity index (χ1) is 9.78. The van der Waals surface area contributed by atoms with E-state index in [1.54, 1.807) is 14.2 Å². The SMILES string of the molecule is CCCNC(CC)CCCN(CCCOC)CCOC. The fraction of sp³-hybridized carbons (Fsp3) is 1.00. The molecule has 0 rings (SSSR count). The smallest absolute Gasteiger partial charge is 0.0589 e. The van der Waals surface area contributed by atoms with E-state index in [-0.39, 0.29) is 0 Å². The van der Waals surface area contributed by atoms with Gasteiger partial charge in [0.2, 0.25) is 0 Å². The van der Waals surface area contributed by atoms with E-state index in [4.69, 9.17) is 9.47 Å². The second-order valence-corrected chi connectivity index (χ2v) is 5.38. The number of nitrogens with one attached hydrogen (secondary N) is 1. The van der Waals surface area contributed by atoms with Crippen molar-refractivity contribution < 1.29 is 9.47 Å². The van der Waals surface area contributed by atoms with Crippen LogP contribution in [0.25, 0.3) is 0 Å². The molecule has 0 aromatic heterocycles. The van der Waals surface area contributed by atoms with Gasteiger partial charge in [-0.2, -0.15) is 0 Å². The summed E-state index contributed by atoms with van der Waals surface area (Å²) in [6.07, 6.45) is 6.07. The first kappa shape index (κ1) is 19.8. The van der Waals surface area contributed by atoms with Gasteiger partial charge in [0, 0.05) is 40.0 Å². The molecule has 0 spiro atoms. The second-order valence-electron chi connectivity index (χ2n) is 5.38. The molecule has 0 amide bonds. The van der Waals surface area contributed by atoms with Gasteiger partial charge < -0.3 is 19.7 Å². The number of hydrogen-bond acceptors (Lipinski definition) is 4. The van der Waals surface area contributed by atoms with E-state index in [0.29, 0.717) is 6.04 Å². The minimum absolute atomic E-state index is 0.679. The predicted molar refractivity (Wildman–Crippen MR) is 86.4 cm³/mol. The lowest BCUT2D eigenvalue weighted by Gasteiger charge is -2.23. The van der Waals surface area contributed by atoms with Crippen LogP contribution in [-0.4, -0.2) is 64.6 Å². The summed E-state index contributed by atoms with van der Waals surface area (Å²) in [5.74, 6) is 0. The summed E-state index contributed by atoms with van der Waals surface area (Å²) in [5.41, 5.74) is 0. The largest absolute Gasteiger partial charge is 0.385 e. The van der Waals surface area contributed by atoms with Gasteiger partial charge in [-0.05, 0) is 45.2 Å². The maximum absolute atomic E-state index is 5.20. The minimum Gasteiger partial charge on any atom is -0.385 e. The zero-order valence-corrected chi connectivity index (χ0v) is 14.1. The fourth-order valence-corrected chi connectivity index (χ4v) is 2.35. The molecule has 1 N–H and O–H groups in total. The number of hydrogen-bond donors (Lipinski definition) is 1. The van der Waals surface area contributed by atoms with Crippen LogP contribution in [0.1, 0.15) is 46.0 Å². The van der Waals surface area contributed by atoms with Crippen molar-refractivity contribution in [2.75, 3.05) is 53.6 Å². The van der Waals surface area contributed by atoms with E-state index in [2.05, 4.69) is 24.1 Å². The van der Waals surface area contributed by atoms with Gasteiger partial charge in [0.25, 0.3) is 0 Å². The van der Waals surface area contributed by atoms with Gasteiger partial charge in [0.05, 0.1) is 6.61 Å². The van der Waals surface area contributed by atoms with Crippen molar-refractivity contribution in [3.8, 4) is 0 Å². The quantitative estimate of drug-likeness (QED) is 0.470. The maximum Gasteiger partial charge on any atom is 0.0589 e. The van der Waals surface area contributed by atoms with Crippen LogP contribution in [0.3, 0.4) is 0 Å². The summed E-state index contributed by atoms with van der Waals surface area (Å²) in [4.78, 5) is 2.50. The van der Waals surface area contributed by atoms with Gasteiger partial charge in [0.15, 0.2) is 0 Å². The van der Waals surface area contributed by atoms with E-state index in [0.717, 1.165) is 45.8 Å². The summed E-state index contributed by atoms with van der Waals surface area (Å²) in [7, 11) is 3.54. The highest BCUT2D eigenvalue weighted by atomic mass is 16.5. The lowest BCUT2D eigenvalue weighted by atomic mass is 10.1. The van der Waals surface area contributed by atoms with E-state index < -0.39 is 0 Å². The molecule has 20 heavy (non-hydrogen) atoms. The lowest BCUT2D eigenvalue weighted by molar-refractivity contribution is 0.131. The van der Waals surface area contributed by atoms with Crippen molar-refractivity contribution >= 4 is 0 Å². The Bertz CT molecular complexity index is 191. The molecule has 4 nitrogen and oxygen atoms in total. The molecule has 1 atom stereocenters. The van der Waals surface area contributed by atoms with Gasteiger partial charge in [-0.15, -0.1) is 0 Å². The van der Waals surface area contributed by atoms with Crippen LogP contribution in [0, 0.1) is 0 Å². The molecule has 0 saturated heterocycles. The highest BCUT2D eigenvalue weighted by molar-refractivity contribution is 4.66. The Kier molecular flexibility index (Phi) is 15.1. The topological polar surface area (TPSA) is 33.7 Å². The van der Waals surface area contributed by atoms with Crippen LogP contribution in [0.4, 0.5) is 0 Å². The molecule has 0 fully saturated rings. The summed E-state index contributed by atoms with van der Waals surface area (Å²) >= 11 is 0. The lowest BCUT2D eigenvalue weighted by Crippen LogP contribution is -2.33. The highest BCUT2D eigenvalue weighted by Gasteiger charge is 2.08. The van der Waals surface area contributed by atoms with E-state index >= 15 is 0 Å². The third-order valence-electron chi connectivity index (χ3n) is 3.64. The van der Waals surface area contributed by atoms with Crippen LogP contribution >= 0.6 is 0 Å². The predicted octanol–water partition coefficient (Wildman–Crippen LogP) is 2.53. The molecule has 0 heterocycles. The highest BCUT2D eigenvalue weighted by Crippen LogP contribution is 2.04. The second kappa shape index (κ2) is 15.2. The number of methoxy groups -OCH3 is 2. The Labute approximate surface area is 126 Å². The molecule has 0 saturated carbocycles. The average molecular weight is 288 g/mol. The standard InChI is InChI=1S/C16H36N2O2/c1-5-10-17-16(6-2)9-7-11-18(13-15-20-4)12-8-14-19-3/h16-17H,5-15H2,1-4H3. The molecule has 0 aliphatic heterocycles. The Morgan fingerprint density at radius 3 is 2.25 bits per heavy atom. The first-order valence-corrected chi connectivity index (χ1v) is 8.22. The number of ether oxygens (including phenoxy) is 2. The van der Waals surface area contributed by atoms with Crippen LogP contribution in [0.15, 0.2) is 0 Å². The molecule has 0 radical (unpaired) electrons. The third-order valence-corrected chi connectivity index (χ3v) is 3.64. The Morgan fingerprint density at radius 1 is 0.950 bits per heavy atom. The van der Waals surface area contributed by atoms with Gasteiger partial charge in [0.1, 0.15) is 0 Å². The third kappa shape index (κ3) is 11.6. The van der Waals surface area contributed by atoms with Crippen LogP contribution in [-0.2, 0) is 9.47 Å². The number of rotatable bonds is 15. The average Bonchev–Trinajstić information content (AvgIpc) is 2.47. The van der Waals surface area contributed by atoms with Crippen molar-refractivity contribution in [1.82, 2.24) is 10.2 Å². The summed E-state index contributed by atoms with van der Waals surface area (Å²) in [5, 5.41) is 3.63. The molecule has 0 bridgehead atoms. The molecular formula is C16H36N2O2. The molecular weight excluding hydrogens is 252 g/mol. The van der Waals surface area contributed by atoms with Gasteiger partial charge >= 0.3 is 0 Å². The molecule has 122 valence electrons. The molecule has 4 heteroatoms. The Hall–Kier alpha value is -0.160. The van der Waals surface area contributed by atoms with Gasteiger partial charge in [-0.25, -0.2) is 0 Å². The van der Waals surface area contributed by atoms with E-state index in [9.17, 15) is 0 Å². The van der Waals surface area contributed by atoms with E-state index in [1.165, 1.54) is 25.7 Å². The van der Waals surface area contributed by atoms with Crippen molar-refractivity contribution in [1.29, 1.82) is 0 Å². The first-order valence-electron chi connectivity index (χ1n) is 8.22. The fourth-order valence-electron chi connectivity index (χ4n) is 2.35. The summed E-state index contributed by atoms with van der Waals surface area (Å²) in [6.45, 7) is 10.6. The molecule has 0 aliphatic carbocycles. The number of nitrogens with zero attached hydrogens (tertiary/aromatic N) is 1. The van der Waals surface area contributed by atoms with Crippen molar-refractivity contribution in [2.24, 2.45) is 0 Å². The van der Waals surface area contributed by atoms with Crippen molar-refractivity contribution in [2.45, 2.75) is 52.0 Å². The minimum atomic E-state index is 0.679. The van der Waals surface area contributed by atoms with Crippen molar-refractivity contribution in [3.63, 3.8) is 0 Å². The molecule has 0 aromatic rings. The summed E-state index contributed by atoms with van der Waals surface area (Å²) in [6, 6.07) is 0.679. The monoisotopic (exact) mass is 288 g/mol. The van der Waals surface area contributed by atoms with Crippen LogP contribution < -0.4 is 5.32 Å². The molecule has 0 aliphatic rings. The maximum atomic E-state index is 5.20. The van der Waals surface area contributed by atoms with Gasteiger partial charge in [-0.1, -0.05) is 13.8 Å². The van der Waals surface area contributed by atoms with Gasteiger partial charge in [-0.3, -0.25) is 0 Å². The zero-order valence-electron chi connectivity index (χ0n) is 14.1. The zero-order chi connectivity index (χ0) is 15.1. The van der Waals surface area contributed by atoms with Crippen LogP contribution in [0.5, 0.6) is 0 Å². The Balaban J connectivity index is 3.84. The van der Waals surface area contributed by atoms with Crippen LogP contribution in [0.2, 0.25) is 0 Å². The molecule has 1 unspecified atom stereocenters. The normalized spacial score (nSPS) is 13.1. The molecule has 0 aromatic carbocycles. The summed E-state index contributed by atoms with van der Waals surface area (Å²) < 4.78 is 10.3. The van der Waals surface area contributed by atoms with E-state index in [1.807, 2.05) is 0 Å².